The Morgan fingerprint density at radius 1 is 0.592 bits per heavy atom. The van der Waals surface area contributed by atoms with Gasteiger partial charge in [-0.15, -0.1) is 0 Å². The molecule has 234 valence electrons. The van der Waals surface area contributed by atoms with Crippen LogP contribution < -0.4 is 41.4 Å². The Labute approximate surface area is 290 Å². The number of hydrogen-bond donors (Lipinski definition) is 0. The van der Waals surface area contributed by atoms with Crippen LogP contribution in [0.5, 0.6) is 0 Å². The number of nitrogens with zero attached hydrogens (tertiary/aromatic N) is 2. The molecule has 0 aromatic heterocycles. The zero-order valence-electron chi connectivity index (χ0n) is 28.3. The highest BCUT2D eigenvalue weighted by atomic mass is 28.3. The minimum Gasteiger partial charge on any atom is -0.376 e. The molecule has 2 atom stereocenters. The third kappa shape index (κ3) is 2.79. The number of aryl methyl sites for hydroxylation is 1. The third-order valence-electron chi connectivity index (χ3n) is 14.0. The average molecular weight is 645 g/mol. The summed E-state index contributed by atoms with van der Waals surface area (Å²) in [5, 5.41) is 6.13. The fourth-order valence-electron chi connectivity index (χ4n) is 12.0. The van der Waals surface area contributed by atoms with Crippen LogP contribution in [0.1, 0.15) is 50.7 Å². The van der Waals surface area contributed by atoms with Gasteiger partial charge in [-0.2, -0.15) is 0 Å². The van der Waals surface area contributed by atoms with Crippen LogP contribution in [-0.2, 0) is 5.41 Å². The van der Waals surface area contributed by atoms with Gasteiger partial charge in [0.05, 0.1) is 5.54 Å². The van der Waals surface area contributed by atoms with E-state index in [1.54, 1.807) is 5.56 Å². The lowest BCUT2D eigenvalue weighted by molar-refractivity contribution is 0.195. The summed E-state index contributed by atoms with van der Waals surface area (Å²) in [6, 6.07) is 47.9. The Morgan fingerprint density at radius 3 is 2.04 bits per heavy atom. The van der Waals surface area contributed by atoms with Gasteiger partial charge < -0.3 is 9.71 Å². The number of rotatable bonds is 0. The molecule has 2 nitrogen and oxygen atoms in total. The van der Waals surface area contributed by atoms with Gasteiger partial charge in [-0.1, -0.05) is 129 Å². The van der Waals surface area contributed by atoms with Crippen molar-refractivity contribution in [2.45, 2.75) is 57.4 Å². The van der Waals surface area contributed by atoms with Crippen molar-refractivity contribution in [2.75, 3.05) is 9.71 Å². The lowest BCUT2D eigenvalue weighted by atomic mass is 9.43. The molecule has 5 aliphatic heterocycles. The summed E-state index contributed by atoms with van der Waals surface area (Å²) in [5.74, 6) is 0. The van der Waals surface area contributed by atoms with Crippen molar-refractivity contribution < 1.29 is 0 Å². The summed E-state index contributed by atoms with van der Waals surface area (Å²) in [5.41, 5.74) is 17.5. The van der Waals surface area contributed by atoms with E-state index >= 15 is 0 Å². The second-order valence-corrected chi connectivity index (χ2v) is 19.6. The molecule has 6 aliphatic rings. The van der Waals surface area contributed by atoms with Crippen LogP contribution in [0.25, 0.3) is 22.3 Å². The summed E-state index contributed by atoms with van der Waals surface area (Å²) in [7, 11) is -2.64. The largest absolute Gasteiger partial charge is 0.376 e. The number of fused-ring (bicyclic) bond motifs is 16. The lowest BCUT2D eigenvalue weighted by Crippen LogP contribution is -2.78. The maximum absolute atomic E-state index is 2.85. The standard InChI is InChI=1S/C45H37BN2Si/c1-28-26-32-31-16-12-23-40-42(31)48(35-19-6-9-22-39(35)49(40)37-20-7-4-14-29(37)30-15-5-8-21-38(30)49)46-34-18-13-17-33-43(34)47(36(27-28)41(32)46)45(3)25-11-10-24-44(33,45)2/h4-9,12-23,26-27H,10-11,24-25H2,1-3H3. The number of benzene rings is 6. The summed E-state index contributed by atoms with van der Waals surface area (Å²) >= 11 is 0. The van der Waals surface area contributed by atoms with Crippen molar-refractivity contribution in [2.24, 2.45) is 0 Å². The maximum atomic E-state index is 2.85. The van der Waals surface area contributed by atoms with Crippen molar-refractivity contribution in [1.29, 1.82) is 0 Å². The molecular weight excluding hydrogens is 607 g/mol. The molecule has 49 heavy (non-hydrogen) atoms. The first-order valence-electron chi connectivity index (χ1n) is 18.3. The van der Waals surface area contributed by atoms with Gasteiger partial charge in [-0.25, -0.2) is 0 Å². The predicted octanol–water partition coefficient (Wildman–Crippen LogP) is 6.65. The van der Waals surface area contributed by atoms with E-state index < -0.39 is 8.07 Å². The van der Waals surface area contributed by atoms with Crippen molar-refractivity contribution >= 4 is 69.3 Å². The van der Waals surface area contributed by atoms with Crippen LogP contribution in [0.3, 0.4) is 0 Å². The summed E-state index contributed by atoms with van der Waals surface area (Å²) in [4.78, 5) is 5.66. The smallest absolute Gasteiger partial charge is 0.333 e. The fourth-order valence-corrected chi connectivity index (χ4v) is 17.5. The van der Waals surface area contributed by atoms with E-state index in [1.807, 2.05) is 0 Å². The monoisotopic (exact) mass is 644 g/mol. The van der Waals surface area contributed by atoms with E-state index in [4.69, 9.17) is 0 Å². The molecule has 0 saturated heterocycles. The van der Waals surface area contributed by atoms with E-state index in [-0.39, 0.29) is 17.8 Å². The van der Waals surface area contributed by atoms with Gasteiger partial charge in [0, 0.05) is 33.7 Å². The molecule has 1 aliphatic carbocycles. The minimum atomic E-state index is -2.64. The van der Waals surface area contributed by atoms with E-state index in [1.165, 1.54) is 108 Å². The van der Waals surface area contributed by atoms with Crippen molar-refractivity contribution in [3.63, 3.8) is 0 Å². The van der Waals surface area contributed by atoms with Crippen molar-refractivity contribution in [1.82, 2.24) is 0 Å². The Kier molecular flexibility index (Phi) is 4.79. The quantitative estimate of drug-likeness (QED) is 0.171. The van der Waals surface area contributed by atoms with E-state index in [2.05, 4.69) is 152 Å². The zero-order valence-corrected chi connectivity index (χ0v) is 29.3. The van der Waals surface area contributed by atoms with Crippen LogP contribution in [0.2, 0.25) is 0 Å². The maximum Gasteiger partial charge on any atom is 0.333 e. The van der Waals surface area contributed by atoms with Crippen molar-refractivity contribution in [3.8, 4) is 22.3 Å². The molecule has 2 unspecified atom stereocenters. The highest BCUT2D eigenvalue weighted by Crippen LogP contribution is 2.62. The number of hydrogen-bond acceptors (Lipinski definition) is 2. The zero-order chi connectivity index (χ0) is 32.4. The molecule has 1 fully saturated rings. The van der Waals surface area contributed by atoms with Gasteiger partial charge in [0.2, 0.25) is 0 Å². The second kappa shape index (κ2) is 8.67. The van der Waals surface area contributed by atoms with Crippen LogP contribution in [0.4, 0.5) is 22.7 Å². The minimum absolute atomic E-state index is 0.0480. The highest BCUT2D eigenvalue weighted by molar-refractivity contribution is 7.24. The number of para-hydroxylation sites is 3. The van der Waals surface area contributed by atoms with Gasteiger partial charge >= 0.3 is 6.85 Å². The van der Waals surface area contributed by atoms with Gasteiger partial charge in [0.25, 0.3) is 0 Å². The molecule has 0 amide bonds. The Morgan fingerprint density at radius 2 is 1.24 bits per heavy atom. The Balaban J connectivity index is 1.25. The average Bonchev–Trinajstić information content (AvgIpc) is 3.54. The highest BCUT2D eigenvalue weighted by Gasteiger charge is 2.63. The first kappa shape index (κ1) is 27.1. The van der Waals surface area contributed by atoms with Gasteiger partial charge in [0.1, 0.15) is 0 Å². The van der Waals surface area contributed by atoms with E-state index in [0.717, 1.165) is 0 Å². The molecule has 0 radical (unpaired) electrons. The topological polar surface area (TPSA) is 6.48 Å². The summed E-state index contributed by atoms with van der Waals surface area (Å²) < 4.78 is 0. The van der Waals surface area contributed by atoms with Crippen LogP contribution in [-0.4, -0.2) is 20.5 Å². The Bertz CT molecular complexity index is 2460. The summed E-state index contributed by atoms with van der Waals surface area (Å²) in [6.07, 6.45) is 5.08. The summed E-state index contributed by atoms with van der Waals surface area (Å²) in [6.45, 7) is 7.60. The molecule has 6 aromatic carbocycles. The molecule has 0 N–H and O–H groups in total. The van der Waals surface area contributed by atoms with Crippen molar-refractivity contribution in [3.05, 3.63) is 132 Å². The SMILES string of the molecule is Cc1cc2c3c(c1)N1c4c(cccc4C4(C)CCCCC14C)B3N1c3ccccc3[Si]3(c4ccccc4-c4ccccc43)c3cccc-2c31. The first-order valence-corrected chi connectivity index (χ1v) is 20.3. The van der Waals surface area contributed by atoms with Crippen LogP contribution >= 0.6 is 0 Å². The van der Waals surface area contributed by atoms with E-state index in [0.29, 0.717) is 0 Å². The predicted molar refractivity (Wildman–Crippen MR) is 209 cm³/mol. The molecule has 1 saturated carbocycles. The molecule has 12 rings (SSSR count). The Hall–Kier alpha value is -4.80. The van der Waals surface area contributed by atoms with E-state index in [9.17, 15) is 0 Å². The van der Waals surface area contributed by atoms with Gasteiger partial charge in [-0.3, -0.25) is 0 Å². The molecule has 0 bridgehead atoms. The first-order chi connectivity index (χ1) is 24.0. The molecular formula is C45H37BN2Si. The molecule has 1 spiro atoms. The molecule has 5 heterocycles. The van der Waals surface area contributed by atoms with Crippen LogP contribution in [0, 0.1) is 6.92 Å². The molecule has 4 heteroatoms. The molecule has 6 aromatic rings. The third-order valence-corrected chi connectivity index (χ3v) is 18.9. The second-order valence-electron chi connectivity index (χ2n) is 16.0. The van der Waals surface area contributed by atoms with Gasteiger partial charge in [-0.05, 0) is 98.3 Å². The number of anilines is 4. The normalized spacial score (nSPS) is 23.3. The lowest BCUT2D eigenvalue weighted by Gasteiger charge is -2.54. The van der Waals surface area contributed by atoms with Gasteiger partial charge in [0.15, 0.2) is 8.07 Å². The fraction of sp³-hybridized carbons (Fsp3) is 0.200. The van der Waals surface area contributed by atoms with Crippen LogP contribution in [0.15, 0.2) is 121 Å².